The molecular weight excluding hydrogens is 575 g/mol. The number of nitrogens with zero attached hydrogens (tertiary/aromatic N) is 1. The van der Waals surface area contributed by atoms with Crippen molar-refractivity contribution in [1.29, 1.82) is 0 Å². The van der Waals surface area contributed by atoms with Crippen LogP contribution in [0.3, 0.4) is 0 Å². The summed E-state index contributed by atoms with van der Waals surface area (Å²) in [4.78, 5) is 12.9. The van der Waals surface area contributed by atoms with Gasteiger partial charge in [0.25, 0.3) is 0 Å². The third-order valence-corrected chi connectivity index (χ3v) is 9.00. The van der Waals surface area contributed by atoms with Gasteiger partial charge >= 0.3 is 6.09 Å². The number of benzene rings is 3. The number of methoxy groups -OCH3 is 1. The molecule has 0 spiro atoms. The molecule has 2 N–H and O–H groups in total. The molecule has 232 valence electrons. The second-order valence-electron chi connectivity index (χ2n) is 11.0. The standard InChI is InChI=1S/C32H39FN2O7S/c1-22(2)19-35(43(38,39)29-13-11-27(40-3)12-14-29)20-31(36)30(34-32(37)42-28-15-16-41-21-28)17-23-7-9-24(10-8-23)25-5-4-6-26(33)18-25/h4-14,18,22,28,30-31,36H,15-17,19-21H2,1-3H3,(H,34,37)/t28-,30-,31+/m0/s1. The molecule has 3 aromatic rings. The molecule has 0 radical (unpaired) electrons. The highest BCUT2D eigenvalue weighted by Gasteiger charge is 2.32. The number of ether oxygens (including phenoxy) is 3. The van der Waals surface area contributed by atoms with Crippen molar-refractivity contribution in [2.45, 2.75) is 49.8 Å². The first-order valence-electron chi connectivity index (χ1n) is 14.3. The average Bonchev–Trinajstić information content (AvgIpc) is 3.49. The minimum Gasteiger partial charge on any atom is -0.497 e. The van der Waals surface area contributed by atoms with Gasteiger partial charge in [-0.1, -0.05) is 50.2 Å². The molecule has 0 saturated carbocycles. The summed E-state index contributed by atoms with van der Waals surface area (Å²) in [6.07, 6.45) is -1.62. The molecule has 0 bridgehead atoms. The molecule has 1 aliphatic rings. The van der Waals surface area contributed by atoms with Gasteiger partial charge in [-0.3, -0.25) is 0 Å². The van der Waals surface area contributed by atoms with Crippen LogP contribution in [0.15, 0.2) is 77.7 Å². The van der Waals surface area contributed by atoms with Gasteiger partial charge in [-0.05, 0) is 65.4 Å². The lowest BCUT2D eigenvalue weighted by Crippen LogP contribution is -2.51. The zero-order chi connectivity index (χ0) is 31.0. The quantitative estimate of drug-likeness (QED) is 0.289. The van der Waals surface area contributed by atoms with E-state index in [4.69, 9.17) is 14.2 Å². The van der Waals surface area contributed by atoms with Crippen molar-refractivity contribution in [2.75, 3.05) is 33.4 Å². The van der Waals surface area contributed by atoms with Gasteiger partial charge in [0, 0.05) is 19.5 Å². The maximum atomic E-state index is 13.7. The van der Waals surface area contributed by atoms with Crippen molar-refractivity contribution in [3.63, 3.8) is 0 Å². The fraction of sp³-hybridized carbons (Fsp3) is 0.406. The van der Waals surface area contributed by atoms with Crippen LogP contribution < -0.4 is 10.1 Å². The van der Waals surface area contributed by atoms with E-state index in [9.17, 15) is 22.7 Å². The van der Waals surface area contributed by atoms with Crippen LogP contribution in [-0.4, -0.2) is 75.6 Å². The van der Waals surface area contributed by atoms with Gasteiger partial charge in [0.1, 0.15) is 17.7 Å². The Morgan fingerprint density at radius 1 is 1.07 bits per heavy atom. The molecule has 3 aromatic carbocycles. The number of carbonyl (C=O) groups excluding carboxylic acids is 1. The molecule has 0 aromatic heterocycles. The lowest BCUT2D eigenvalue weighted by molar-refractivity contribution is 0.0644. The number of halogens is 1. The van der Waals surface area contributed by atoms with E-state index in [1.807, 2.05) is 44.2 Å². The Hall–Kier alpha value is -3.51. The Balaban J connectivity index is 1.56. The van der Waals surface area contributed by atoms with Gasteiger partial charge in [-0.25, -0.2) is 17.6 Å². The van der Waals surface area contributed by atoms with Crippen LogP contribution in [-0.2, 0) is 25.9 Å². The fourth-order valence-corrected chi connectivity index (χ4v) is 6.51. The SMILES string of the molecule is COc1ccc(S(=O)(=O)N(CC(C)C)C[C@@H](O)[C@H](Cc2ccc(-c3cccc(F)c3)cc2)NC(=O)O[C@H]2CCOC2)cc1. The van der Waals surface area contributed by atoms with E-state index in [2.05, 4.69) is 5.32 Å². The van der Waals surface area contributed by atoms with Crippen LogP contribution in [0.4, 0.5) is 9.18 Å². The smallest absolute Gasteiger partial charge is 0.407 e. The molecule has 1 heterocycles. The Labute approximate surface area is 252 Å². The van der Waals surface area contributed by atoms with Gasteiger partial charge in [-0.2, -0.15) is 4.31 Å². The Bertz CT molecular complexity index is 1440. The molecule has 1 fully saturated rings. The third kappa shape index (κ3) is 8.99. The molecule has 3 atom stereocenters. The van der Waals surface area contributed by atoms with E-state index in [-0.39, 0.29) is 36.1 Å². The summed E-state index contributed by atoms with van der Waals surface area (Å²) in [5.74, 6) is 0.151. The van der Waals surface area contributed by atoms with Crippen LogP contribution in [0.5, 0.6) is 5.75 Å². The van der Waals surface area contributed by atoms with Gasteiger partial charge in [0.2, 0.25) is 10.0 Å². The number of nitrogens with one attached hydrogen (secondary N) is 1. The van der Waals surface area contributed by atoms with Crippen LogP contribution in [0.1, 0.15) is 25.8 Å². The number of hydrogen-bond acceptors (Lipinski definition) is 7. The lowest BCUT2D eigenvalue weighted by atomic mass is 9.98. The second-order valence-corrected chi connectivity index (χ2v) is 12.9. The largest absolute Gasteiger partial charge is 0.497 e. The minimum atomic E-state index is -3.98. The van der Waals surface area contributed by atoms with E-state index in [0.29, 0.717) is 25.4 Å². The topological polar surface area (TPSA) is 114 Å². The summed E-state index contributed by atoms with van der Waals surface area (Å²) in [7, 11) is -2.48. The number of carbonyl (C=O) groups is 1. The molecule has 11 heteroatoms. The van der Waals surface area contributed by atoms with Gasteiger partial charge in [0.15, 0.2) is 0 Å². The molecule has 0 unspecified atom stereocenters. The first kappa shape index (κ1) is 32.4. The number of alkyl carbamates (subject to hydrolysis) is 1. The lowest BCUT2D eigenvalue weighted by Gasteiger charge is -2.30. The number of rotatable bonds is 13. The molecule has 1 amide bonds. The van der Waals surface area contributed by atoms with Crippen molar-refractivity contribution in [3.05, 3.63) is 84.2 Å². The molecule has 43 heavy (non-hydrogen) atoms. The van der Waals surface area contributed by atoms with Gasteiger partial charge < -0.3 is 24.6 Å². The molecule has 0 aliphatic carbocycles. The minimum absolute atomic E-state index is 0.0330. The predicted octanol–water partition coefficient (Wildman–Crippen LogP) is 4.64. The number of amides is 1. The maximum Gasteiger partial charge on any atom is 0.407 e. The maximum absolute atomic E-state index is 13.7. The summed E-state index contributed by atoms with van der Waals surface area (Å²) in [6.45, 7) is 4.47. The second kappa shape index (κ2) is 14.8. The Morgan fingerprint density at radius 3 is 2.40 bits per heavy atom. The molecule has 4 rings (SSSR count). The first-order chi connectivity index (χ1) is 20.5. The molecular formula is C32H39FN2O7S. The highest BCUT2D eigenvalue weighted by atomic mass is 32.2. The van der Waals surface area contributed by atoms with E-state index < -0.39 is 34.4 Å². The van der Waals surface area contributed by atoms with Crippen molar-refractivity contribution in [3.8, 4) is 16.9 Å². The average molecular weight is 615 g/mol. The summed E-state index contributed by atoms with van der Waals surface area (Å²) in [5.41, 5.74) is 2.31. The zero-order valence-corrected chi connectivity index (χ0v) is 25.4. The van der Waals surface area contributed by atoms with E-state index in [0.717, 1.165) is 16.7 Å². The highest BCUT2D eigenvalue weighted by Crippen LogP contribution is 2.24. The van der Waals surface area contributed by atoms with Gasteiger partial charge in [-0.15, -0.1) is 0 Å². The molecule has 1 saturated heterocycles. The molecule has 1 aliphatic heterocycles. The van der Waals surface area contributed by atoms with Crippen LogP contribution in [0, 0.1) is 11.7 Å². The first-order valence-corrected chi connectivity index (χ1v) is 15.7. The Kier molecular flexibility index (Phi) is 11.1. The summed E-state index contributed by atoms with van der Waals surface area (Å²) < 4.78 is 58.2. The van der Waals surface area contributed by atoms with Crippen molar-refractivity contribution >= 4 is 16.1 Å². The van der Waals surface area contributed by atoms with Crippen molar-refractivity contribution in [2.24, 2.45) is 5.92 Å². The van der Waals surface area contributed by atoms with E-state index >= 15 is 0 Å². The van der Waals surface area contributed by atoms with E-state index in [1.165, 1.54) is 35.7 Å². The number of aliphatic hydroxyl groups excluding tert-OH is 1. The molecule has 9 nitrogen and oxygen atoms in total. The number of sulfonamides is 1. The summed E-state index contributed by atoms with van der Waals surface area (Å²) in [5, 5.41) is 14.2. The van der Waals surface area contributed by atoms with Crippen molar-refractivity contribution in [1.82, 2.24) is 9.62 Å². The van der Waals surface area contributed by atoms with Crippen molar-refractivity contribution < 1.29 is 36.9 Å². The van der Waals surface area contributed by atoms with Crippen LogP contribution in [0.25, 0.3) is 11.1 Å². The zero-order valence-electron chi connectivity index (χ0n) is 24.6. The third-order valence-electron chi connectivity index (χ3n) is 7.15. The van der Waals surface area contributed by atoms with Crippen LogP contribution >= 0.6 is 0 Å². The summed E-state index contributed by atoms with van der Waals surface area (Å²) in [6, 6.07) is 18.8. The summed E-state index contributed by atoms with van der Waals surface area (Å²) >= 11 is 0. The predicted molar refractivity (Wildman–Crippen MR) is 161 cm³/mol. The van der Waals surface area contributed by atoms with Gasteiger partial charge in [0.05, 0.1) is 37.4 Å². The number of hydrogen-bond donors (Lipinski definition) is 2. The normalized spacial score (nSPS) is 16.7. The Morgan fingerprint density at radius 2 is 1.79 bits per heavy atom. The highest BCUT2D eigenvalue weighted by molar-refractivity contribution is 7.89. The number of aliphatic hydroxyl groups is 1. The fourth-order valence-electron chi connectivity index (χ4n) is 4.89. The van der Waals surface area contributed by atoms with Crippen LogP contribution in [0.2, 0.25) is 0 Å². The van der Waals surface area contributed by atoms with E-state index in [1.54, 1.807) is 18.2 Å². The monoisotopic (exact) mass is 614 g/mol.